The molecule has 39 heavy (non-hydrogen) atoms. The van der Waals surface area contributed by atoms with E-state index in [0.29, 0.717) is 23.7 Å². The first kappa shape index (κ1) is 29.4. The molecule has 1 saturated carbocycles. The van der Waals surface area contributed by atoms with Crippen molar-refractivity contribution in [2.75, 3.05) is 18.4 Å². The maximum absolute atomic E-state index is 12.3. The van der Waals surface area contributed by atoms with Crippen LogP contribution in [0.4, 0.5) is 5.69 Å². The highest BCUT2D eigenvalue weighted by atomic mass is 16.5. The van der Waals surface area contributed by atoms with Gasteiger partial charge in [0.25, 0.3) is 11.8 Å². The number of benzene rings is 2. The van der Waals surface area contributed by atoms with Crippen molar-refractivity contribution in [1.82, 2.24) is 16.1 Å². The summed E-state index contributed by atoms with van der Waals surface area (Å²) in [6.07, 6.45) is 5.19. The number of hydroxylamine groups is 1. The summed E-state index contributed by atoms with van der Waals surface area (Å²) in [5.74, 6) is 10.5. The summed E-state index contributed by atoms with van der Waals surface area (Å²) >= 11 is 0. The van der Waals surface area contributed by atoms with Crippen LogP contribution in [0.5, 0.6) is 0 Å². The predicted molar refractivity (Wildman–Crippen MR) is 148 cm³/mol. The van der Waals surface area contributed by atoms with Crippen LogP contribution in [-0.4, -0.2) is 53.3 Å². The molecule has 1 aliphatic carbocycles. The second-order valence-electron chi connectivity index (χ2n) is 9.51. The Labute approximate surface area is 228 Å². The van der Waals surface area contributed by atoms with Gasteiger partial charge in [-0.25, -0.2) is 5.48 Å². The summed E-state index contributed by atoms with van der Waals surface area (Å²) in [4.78, 5) is 36.1. The van der Waals surface area contributed by atoms with Crippen LogP contribution in [0, 0.1) is 29.6 Å². The number of carbonyl (C=O) groups excluding carboxylic acids is 3. The quantitative estimate of drug-likeness (QED) is 0.167. The zero-order valence-corrected chi connectivity index (χ0v) is 21.9. The summed E-state index contributed by atoms with van der Waals surface area (Å²) in [6, 6.07) is 12.2. The van der Waals surface area contributed by atoms with Gasteiger partial charge in [-0.1, -0.05) is 31.1 Å². The highest BCUT2D eigenvalue weighted by Gasteiger charge is 2.25. The summed E-state index contributed by atoms with van der Waals surface area (Å²) in [5.41, 5.74) is 3.77. The summed E-state index contributed by atoms with van der Waals surface area (Å²) in [6.45, 7) is 2.50. The van der Waals surface area contributed by atoms with E-state index in [1.807, 2.05) is 12.1 Å². The van der Waals surface area contributed by atoms with Crippen LogP contribution < -0.4 is 21.4 Å². The number of nitrogens with one attached hydrogen (secondary N) is 4. The maximum atomic E-state index is 12.3. The minimum Gasteiger partial charge on any atom is -0.391 e. The lowest BCUT2D eigenvalue weighted by molar-refractivity contribution is -0.133. The normalized spacial score (nSPS) is 14.4. The molecular weight excluding hydrogens is 496 g/mol. The Bertz CT molecular complexity index is 1240. The van der Waals surface area contributed by atoms with Gasteiger partial charge in [0, 0.05) is 22.4 Å². The number of aliphatic hydroxyl groups excluding tert-OH is 1. The van der Waals surface area contributed by atoms with Gasteiger partial charge in [0.2, 0.25) is 5.91 Å². The van der Waals surface area contributed by atoms with Crippen LogP contribution in [0.2, 0.25) is 0 Å². The van der Waals surface area contributed by atoms with Crippen LogP contribution in [0.1, 0.15) is 60.5 Å². The van der Waals surface area contributed by atoms with Gasteiger partial charge in [-0.2, -0.15) is 0 Å². The Hall–Kier alpha value is -4.15. The number of hydrogen-bond acceptors (Lipinski definition) is 6. The highest BCUT2D eigenvalue weighted by Crippen LogP contribution is 2.22. The van der Waals surface area contributed by atoms with Crippen molar-refractivity contribution in [3.8, 4) is 23.7 Å². The minimum absolute atomic E-state index is 0.0718. The monoisotopic (exact) mass is 530 g/mol. The molecular formula is C30H34N4O5. The van der Waals surface area contributed by atoms with Crippen molar-refractivity contribution >= 4 is 23.4 Å². The van der Waals surface area contributed by atoms with E-state index in [0.717, 1.165) is 12.1 Å². The molecule has 2 aromatic carbocycles. The number of aliphatic hydroxyl groups is 1. The lowest BCUT2D eigenvalue weighted by Gasteiger charge is -2.21. The van der Waals surface area contributed by atoms with Crippen LogP contribution in [0.3, 0.4) is 0 Å². The lowest BCUT2D eigenvalue weighted by Crippen LogP contribution is -2.51. The number of carbonyl (C=O) groups is 3. The first-order valence-electron chi connectivity index (χ1n) is 13.0. The molecule has 1 fully saturated rings. The number of rotatable bonds is 9. The van der Waals surface area contributed by atoms with Gasteiger partial charge in [-0.3, -0.25) is 19.6 Å². The molecule has 9 nitrogen and oxygen atoms in total. The molecule has 2 atom stereocenters. The first-order valence-corrected chi connectivity index (χ1v) is 13.0. The average molecular weight is 531 g/mol. The van der Waals surface area contributed by atoms with Gasteiger partial charge in [-0.05, 0) is 92.6 Å². The Balaban J connectivity index is 1.46. The molecule has 0 radical (unpaired) electrons. The fourth-order valence-corrected chi connectivity index (χ4v) is 4.23. The zero-order valence-electron chi connectivity index (χ0n) is 21.9. The molecule has 0 bridgehead atoms. The molecule has 6 N–H and O–H groups in total. The molecule has 0 heterocycles. The largest absolute Gasteiger partial charge is 0.391 e. The Morgan fingerprint density at radius 3 is 2.08 bits per heavy atom. The Morgan fingerprint density at radius 1 is 0.923 bits per heavy atom. The first-order chi connectivity index (χ1) is 18.9. The van der Waals surface area contributed by atoms with E-state index >= 15 is 0 Å². The second kappa shape index (κ2) is 15.3. The molecule has 2 unspecified atom stereocenters. The maximum Gasteiger partial charge on any atom is 0.268 e. The van der Waals surface area contributed by atoms with E-state index in [1.54, 1.807) is 24.3 Å². The number of amides is 3. The standard InChI is InChI=1S/C30H34N4O5/c1-21(35)28(30(38)34-39)33-29(37)25-15-11-22(12-16-25)7-5-6-8-23-13-17-26(18-14-23)32-27(36)20-31-19-24-9-3-2-4-10-24/h11-18,21,24,28,31,35,39H,2-4,9-10,19-20H2,1H3,(H,32,36)(H,33,37)(H,34,38). The van der Waals surface area contributed by atoms with Crippen molar-refractivity contribution in [1.29, 1.82) is 0 Å². The molecule has 1 aliphatic rings. The van der Waals surface area contributed by atoms with Gasteiger partial charge in [0.15, 0.2) is 0 Å². The molecule has 204 valence electrons. The van der Waals surface area contributed by atoms with E-state index in [4.69, 9.17) is 5.21 Å². The Kier molecular flexibility index (Phi) is 11.5. The minimum atomic E-state index is -1.30. The van der Waals surface area contributed by atoms with Crippen molar-refractivity contribution in [3.05, 3.63) is 65.2 Å². The molecule has 9 heteroatoms. The van der Waals surface area contributed by atoms with Crippen LogP contribution >= 0.6 is 0 Å². The fourth-order valence-electron chi connectivity index (χ4n) is 4.23. The summed E-state index contributed by atoms with van der Waals surface area (Å²) in [5, 5.41) is 26.9. The van der Waals surface area contributed by atoms with Gasteiger partial charge in [0.05, 0.1) is 12.6 Å². The van der Waals surface area contributed by atoms with Crippen LogP contribution in [-0.2, 0) is 9.59 Å². The predicted octanol–water partition coefficient (Wildman–Crippen LogP) is 2.18. The average Bonchev–Trinajstić information content (AvgIpc) is 2.95. The van der Waals surface area contributed by atoms with Crippen molar-refractivity contribution < 1.29 is 24.7 Å². The zero-order chi connectivity index (χ0) is 28.0. The molecule has 0 aliphatic heterocycles. The van der Waals surface area contributed by atoms with Gasteiger partial charge < -0.3 is 21.1 Å². The number of hydrogen-bond donors (Lipinski definition) is 6. The van der Waals surface area contributed by atoms with Crippen LogP contribution in [0.25, 0.3) is 0 Å². The fraction of sp³-hybridized carbons (Fsp3) is 0.367. The van der Waals surface area contributed by atoms with E-state index in [2.05, 4.69) is 39.6 Å². The summed E-state index contributed by atoms with van der Waals surface area (Å²) in [7, 11) is 0. The molecule has 0 saturated heterocycles. The molecule has 0 aromatic heterocycles. The third-order valence-corrected chi connectivity index (χ3v) is 6.40. The topological polar surface area (TPSA) is 140 Å². The van der Waals surface area contributed by atoms with Gasteiger partial charge >= 0.3 is 0 Å². The molecule has 2 aromatic rings. The lowest BCUT2D eigenvalue weighted by atomic mass is 9.89. The van der Waals surface area contributed by atoms with E-state index < -0.39 is 24.0 Å². The van der Waals surface area contributed by atoms with E-state index in [-0.39, 0.29) is 11.5 Å². The third kappa shape index (κ3) is 9.91. The molecule has 0 spiro atoms. The van der Waals surface area contributed by atoms with E-state index in [9.17, 15) is 19.5 Å². The molecule has 3 amide bonds. The smallest absolute Gasteiger partial charge is 0.268 e. The highest BCUT2D eigenvalue weighted by molar-refractivity contribution is 5.97. The van der Waals surface area contributed by atoms with Crippen molar-refractivity contribution in [2.45, 2.75) is 51.2 Å². The number of anilines is 1. The van der Waals surface area contributed by atoms with E-state index in [1.165, 1.54) is 56.6 Å². The third-order valence-electron chi connectivity index (χ3n) is 6.40. The Morgan fingerprint density at radius 2 is 1.51 bits per heavy atom. The molecule has 3 rings (SSSR count). The van der Waals surface area contributed by atoms with Crippen molar-refractivity contribution in [2.24, 2.45) is 5.92 Å². The van der Waals surface area contributed by atoms with Gasteiger partial charge in [0.1, 0.15) is 6.04 Å². The second-order valence-corrected chi connectivity index (χ2v) is 9.51. The van der Waals surface area contributed by atoms with Crippen LogP contribution in [0.15, 0.2) is 48.5 Å². The van der Waals surface area contributed by atoms with Crippen molar-refractivity contribution in [3.63, 3.8) is 0 Å². The summed E-state index contributed by atoms with van der Waals surface area (Å²) < 4.78 is 0. The SMILES string of the molecule is CC(O)C(NC(=O)c1ccc(C#CC#Cc2ccc(NC(=O)CNCC3CCCCC3)cc2)cc1)C(=O)NO. The van der Waals surface area contributed by atoms with Gasteiger partial charge in [-0.15, -0.1) is 0 Å².